The minimum absolute atomic E-state index is 0.0411. The number of hydrogen-bond acceptors (Lipinski definition) is 12. The number of unbranched alkanes of at least 4 members (excludes halogenated alkanes) is 2. The number of para-hydroxylation sites is 1. The van der Waals surface area contributed by atoms with E-state index in [-0.39, 0.29) is 61.0 Å². The van der Waals surface area contributed by atoms with Crippen molar-refractivity contribution in [1.82, 2.24) is 26.6 Å². The van der Waals surface area contributed by atoms with E-state index in [4.69, 9.17) is 18.9 Å². The van der Waals surface area contributed by atoms with Gasteiger partial charge in [0.15, 0.2) is 0 Å². The fourth-order valence-electron chi connectivity index (χ4n) is 7.05. The highest BCUT2D eigenvalue weighted by molar-refractivity contribution is 8.76. The van der Waals surface area contributed by atoms with Crippen molar-refractivity contribution in [1.29, 1.82) is 0 Å². The third-order valence-electron chi connectivity index (χ3n) is 10.3. The van der Waals surface area contributed by atoms with E-state index in [1.54, 1.807) is 26.5 Å². The van der Waals surface area contributed by atoms with Crippen molar-refractivity contribution in [2.75, 3.05) is 94.6 Å². The number of anilines is 1. The maximum Gasteiger partial charge on any atom is 0.315 e. The first kappa shape index (κ1) is 50.0. The number of nitrogens with one attached hydrogen (secondary N) is 5. The van der Waals surface area contributed by atoms with Gasteiger partial charge in [-0.15, -0.1) is 0 Å². The summed E-state index contributed by atoms with van der Waals surface area (Å²) in [6, 6.07) is 15.8. The van der Waals surface area contributed by atoms with Gasteiger partial charge in [0.1, 0.15) is 0 Å². The number of carbonyl (C=O) groups excluding carboxylic acids is 5. The summed E-state index contributed by atoms with van der Waals surface area (Å²) in [4.78, 5) is 63.3. The lowest BCUT2D eigenvalue weighted by molar-refractivity contribution is -0.125. The summed E-state index contributed by atoms with van der Waals surface area (Å²) in [7, 11) is 3.24. The van der Waals surface area contributed by atoms with Crippen LogP contribution in [0.2, 0.25) is 0 Å². The largest absolute Gasteiger partial charge is 0.379 e. The molecule has 18 heteroatoms. The Balaban J connectivity index is 0.731. The molecule has 3 atom stereocenters. The number of carbonyl (C=O) groups is 5. The zero-order chi connectivity index (χ0) is 44.3. The molecule has 0 bridgehead atoms. The Morgan fingerprint density at radius 1 is 0.667 bits per heavy atom. The van der Waals surface area contributed by atoms with Gasteiger partial charge in [0.05, 0.1) is 77.2 Å². The summed E-state index contributed by atoms with van der Waals surface area (Å²) in [5.74, 6) is 8.51. The summed E-state index contributed by atoms with van der Waals surface area (Å²) in [6.07, 6.45) is 4.96. The zero-order valence-electron chi connectivity index (χ0n) is 36.0. The Kier molecular flexibility index (Phi) is 23.4. The van der Waals surface area contributed by atoms with Crippen molar-refractivity contribution in [3.05, 3.63) is 65.2 Å². The molecule has 2 aromatic rings. The maximum absolute atomic E-state index is 13.3. The Bertz CT molecular complexity index is 1830. The topological polar surface area (TPSA) is 186 Å². The van der Waals surface area contributed by atoms with E-state index in [1.807, 2.05) is 60.3 Å². The molecule has 3 aliphatic rings. The number of fused-ring (bicyclic) bond motifs is 3. The van der Waals surface area contributed by atoms with Crippen LogP contribution in [0.5, 0.6) is 0 Å². The fourth-order valence-corrected chi connectivity index (χ4v) is 10.4. The van der Waals surface area contributed by atoms with Gasteiger partial charge in [0, 0.05) is 79.0 Å². The zero-order valence-corrected chi connectivity index (χ0v) is 38.4. The molecule has 0 saturated carbocycles. The van der Waals surface area contributed by atoms with E-state index in [2.05, 4.69) is 38.4 Å². The average molecular weight is 927 g/mol. The van der Waals surface area contributed by atoms with E-state index in [1.165, 1.54) is 0 Å². The maximum atomic E-state index is 13.3. The molecule has 5 rings (SSSR count). The Morgan fingerprint density at radius 2 is 1.27 bits per heavy atom. The van der Waals surface area contributed by atoms with Gasteiger partial charge in [0.25, 0.3) is 0 Å². The second-order valence-electron chi connectivity index (χ2n) is 15.0. The molecule has 5 N–H and O–H groups in total. The molecular formula is C45H62N6O9S3. The number of urea groups is 1. The van der Waals surface area contributed by atoms with E-state index >= 15 is 0 Å². The Morgan fingerprint density at radius 3 is 2.02 bits per heavy atom. The number of benzene rings is 2. The smallest absolute Gasteiger partial charge is 0.315 e. The molecule has 0 radical (unpaired) electrons. The first-order valence-corrected chi connectivity index (χ1v) is 25.4. The van der Waals surface area contributed by atoms with Crippen LogP contribution < -0.4 is 31.5 Å². The lowest BCUT2D eigenvalue weighted by Gasteiger charge is -2.26. The highest BCUT2D eigenvalue weighted by Gasteiger charge is 2.42. The first-order chi connectivity index (χ1) is 30.9. The van der Waals surface area contributed by atoms with Crippen molar-refractivity contribution >= 4 is 68.7 Å². The SMILES string of the molecule is O=C(CCCCC[C@@H]1SC[C@@H]2NC(=O)N[C@@H]21)NCCOCCOCCOCCOCCC(=O)NCCSSCCNC(=O)CCC(=O)N1Cc2ccccc2C#Cc2ccccc21. The van der Waals surface area contributed by atoms with Crippen LogP contribution in [0.25, 0.3) is 0 Å². The molecule has 0 aromatic heterocycles. The number of amides is 6. The third-order valence-corrected chi connectivity index (χ3v) is 14.2. The van der Waals surface area contributed by atoms with Gasteiger partial charge < -0.3 is 50.4 Å². The molecule has 0 spiro atoms. The highest BCUT2D eigenvalue weighted by atomic mass is 33.1. The summed E-state index contributed by atoms with van der Waals surface area (Å²) in [6.45, 7) is 5.17. The minimum Gasteiger partial charge on any atom is -0.379 e. The molecule has 15 nitrogen and oxygen atoms in total. The van der Waals surface area contributed by atoms with Gasteiger partial charge in [-0.1, -0.05) is 76.6 Å². The average Bonchev–Trinajstić information content (AvgIpc) is 3.84. The van der Waals surface area contributed by atoms with Crippen LogP contribution in [0.4, 0.5) is 10.5 Å². The van der Waals surface area contributed by atoms with Gasteiger partial charge >= 0.3 is 6.03 Å². The van der Waals surface area contributed by atoms with Crippen molar-refractivity contribution in [2.24, 2.45) is 0 Å². The molecule has 6 amide bonds. The predicted molar refractivity (Wildman–Crippen MR) is 250 cm³/mol. The van der Waals surface area contributed by atoms with E-state index in [0.29, 0.717) is 96.5 Å². The molecular weight excluding hydrogens is 865 g/mol. The third kappa shape index (κ3) is 19.0. The van der Waals surface area contributed by atoms with Gasteiger partial charge in [0.2, 0.25) is 23.6 Å². The van der Waals surface area contributed by atoms with Crippen LogP contribution in [0, 0.1) is 11.8 Å². The van der Waals surface area contributed by atoms with Crippen molar-refractivity contribution in [3.8, 4) is 11.8 Å². The lowest BCUT2D eigenvalue weighted by atomic mass is 10.0. The van der Waals surface area contributed by atoms with Crippen LogP contribution >= 0.6 is 33.3 Å². The number of thioether (sulfide) groups is 1. The van der Waals surface area contributed by atoms with Crippen LogP contribution in [0.1, 0.15) is 68.1 Å². The number of hydrogen-bond donors (Lipinski definition) is 5. The molecule has 2 aromatic carbocycles. The molecule has 3 heterocycles. The monoisotopic (exact) mass is 926 g/mol. The second-order valence-corrected chi connectivity index (χ2v) is 19.0. The van der Waals surface area contributed by atoms with Crippen molar-refractivity contribution < 1.29 is 42.9 Å². The molecule has 0 unspecified atom stereocenters. The van der Waals surface area contributed by atoms with Gasteiger partial charge in [-0.2, -0.15) is 11.8 Å². The van der Waals surface area contributed by atoms with Crippen LogP contribution in [-0.2, 0) is 44.7 Å². The fraction of sp³-hybridized carbons (Fsp3) is 0.578. The van der Waals surface area contributed by atoms with E-state index in [9.17, 15) is 24.0 Å². The number of nitrogens with zero attached hydrogens (tertiary/aromatic N) is 1. The second kappa shape index (κ2) is 29.5. The van der Waals surface area contributed by atoms with Crippen LogP contribution in [-0.4, -0.2) is 137 Å². The highest BCUT2D eigenvalue weighted by Crippen LogP contribution is 2.33. The van der Waals surface area contributed by atoms with Gasteiger partial charge in [-0.3, -0.25) is 19.2 Å². The number of rotatable bonds is 31. The molecule has 0 aliphatic carbocycles. The number of ether oxygens (including phenoxy) is 4. The Hall–Kier alpha value is -3.96. The van der Waals surface area contributed by atoms with E-state index < -0.39 is 0 Å². The van der Waals surface area contributed by atoms with Crippen LogP contribution in [0.3, 0.4) is 0 Å². The first-order valence-electron chi connectivity index (χ1n) is 21.9. The lowest BCUT2D eigenvalue weighted by Crippen LogP contribution is -2.36. The van der Waals surface area contributed by atoms with Crippen molar-refractivity contribution in [2.45, 2.75) is 75.2 Å². The quantitative estimate of drug-likeness (QED) is 0.0318. The molecule has 3 aliphatic heterocycles. The molecule has 344 valence electrons. The predicted octanol–water partition coefficient (Wildman–Crippen LogP) is 4.02. The minimum atomic E-state index is -0.162. The van der Waals surface area contributed by atoms with E-state index in [0.717, 1.165) is 59.6 Å². The summed E-state index contributed by atoms with van der Waals surface area (Å²) >= 11 is 1.92. The van der Waals surface area contributed by atoms with Gasteiger partial charge in [-0.05, 0) is 36.6 Å². The molecule has 2 saturated heterocycles. The molecule has 2 fully saturated rings. The van der Waals surface area contributed by atoms with Crippen molar-refractivity contribution in [3.63, 3.8) is 0 Å². The Labute approximate surface area is 383 Å². The summed E-state index contributed by atoms with van der Waals surface area (Å²) < 4.78 is 22.0. The normalized spacial score (nSPS) is 17.2. The van der Waals surface area contributed by atoms with Crippen LogP contribution in [0.15, 0.2) is 48.5 Å². The standard InChI is InChI=1S/C45H62N6O9S3/c52-40(13-3-1-2-12-39-44-37(33-61-39)49-45(56)50-44)46-19-23-58-25-27-60-29-28-59-26-24-57-22-18-42(54)48-21-31-63-62-30-20-47-41(53)16-17-43(55)51-32-36-10-5-4-8-34(36)14-15-35-9-6-7-11-38(35)51/h4-11,37,39,44H,1-3,12-13,16-33H2,(H,46,52)(H,47,53)(H,48,54)(H2,49,50,56)/t37-,39-,44-/m0/s1. The summed E-state index contributed by atoms with van der Waals surface area (Å²) in [5.41, 5.74) is 3.41. The summed E-state index contributed by atoms with van der Waals surface area (Å²) in [5, 5.41) is 15.1. The molecule has 63 heavy (non-hydrogen) atoms. The van der Waals surface area contributed by atoms with Gasteiger partial charge in [-0.25, -0.2) is 4.79 Å².